The van der Waals surface area contributed by atoms with Crippen molar-refractivity contribution in [1.29, 1.82) is 0 Å². The van der Waals surface area contributed by atoms with Crippen molar-refractivity contribution in [3.63, 3.8) is 0 Å². The fraction of sp³-hybridized carbons (Fsp3) is 0.478. The normalized spacial score (nSPS) is 11.6. The molecule has 0 radical (unpaired) electrons. The van der Waals surface area contributed by atoms with Crippen LogP contribution in [0.1, 0.15) is 75.8 Å². The van der Waals surface area contributed by atoms with Gasteiger partial charge in [0.25, 0.3) is 0 Å². The third-order valence-corrected chi connectivity index (χ3v) is 4.65. The van der Waals surface area contributed by atoms with Gasteiger partial charge in [0, 0.05) is 0 Å². The molecule has 0 bridgehead atoms. The number of fused-ring (bicyclic) bond motifs is 1. The van der Waals surface area contributed by atoms with E-state index in [1.807, 2.05) is 6.07 Å². The van der Waals surface area contributed by atoms with E-state index in [0.29, 0.717) is 0 Å². The summed E-state index contributed by atoms with van der Waals surface area (Å²) in [5.74, 6) is 0. The first-order valence-corrected chi connectivity index (χ1v) is 9.63. The Balaban J connectivity index is 1.69. The summed E-state index contributed by atoms with van der Waals surface area (Å²) in [4.78, 5) is 0. The minimum atomic E-state index is 0.107. The molecule has 0 fully saturated rings. The molecule has 0 spiro atoms. The molecule has 2 aromatic rings. The minimum Gasteiger partial charge on any atom is -0.392 e. The molecular weight excluding hydrogens is 292 g/mol. The van der Waals surface area contributed by atoms with Crippen molar-refractivity contribution >= 4 is 16.8 Å². The third-order valence-electron chi connectivity index (χ3n) is 4.65. The van der Waals surface area contributed by atoms with Crippen LogP contribution in [0.25, 0.3) is 16.8 Å². The summed E-state index contributed by atoms with van der Waals surface area (Å²) < 4.78 is 0. The van der Waals surface area contributed by atoms with E-state index in [4.69, 9.17) is 0 Å². The summed E-state index contributed by atoms with van der Waals surface area (Å²) in [5.41, 5.74) is 2.24. The van der Waals surface area contributed by atoms with E-state index in [1.54, 1.807) is 0 Å². The van der Waals surface area contributed by atoms with E-state index >= 15 is 0 Å². The maximum atomic E-state index is 9.20. The lowest BCUT2D eigenvalue weighted by atomic mass is 10.0. The predicted molar refractivity (Wildman–Crippen MR) is 106 cm³/mol. The van der Waals surface area contributed by atoms with Gasteiger partial charge in [-0.15, -0.1) is 0 Å². The molecule has 1 heteroatoms. The van der Waals surface area contributed by atoms with E-state index in [1.165, 1.54) is 74.1 Å². The van der Waals surface area contributed by atoms with E-state index in [0.717, 1.165) is 5.56 Å². The molecule has 1 nitrogen and oxygen atoms in total. The lowest BCUT2D eigenvalue weighted by molar-refractivity contribution is 0.282. The Hall–Kier alpha value is -1.60. The molecule has 2 rings (SSSR count). The summed E-state index contributed by atoms with van der Waals surface area (Å²) in [7, 11) is 0. The number of benzene rings is 2. The maximum Gasteiger partial charge on any atom is 0.0682 e. The van der Waals surface area contributed by atoms with Crippen LogP contribution in [0, 0.1) is 0 Å². The zero-order valence-corrected chi connectivity index (χ0v) is 15.1. The predicted octanol–water partition coefficient (Wildman–Crippen LogP) is 6.88. The molecule has 24 heavy (non-hydrogen) atoms. The van der Waals surface area contributed by atoms with Gasteiger partial charge in [0.2, 0.25) is 0 Å². The van der Waals surface area contributed by atoms with Gasteiger partial charge in [-0.3, -0.25) is 0 Å². The van der Waals surface area contributed by atoms with Crippen molar-refractivity contribution in [2.45, 2.75) is 71.3 Å². The van der Waals surface area contributed by atoms with Gasteiger partial charge in [0.1, 0.15) is 0 Å². The van der Waals surface area contributed by atoms with Crippen LogP contribution in [0.3, 0.4) is 0 Å². The number of rotatable bonds is 11. The second-order valence-electron chi connectivity index (χ2n) is 6.76. The fourth-order valence-electron chi connectivity index (χ4n) is 3.13. The summed E-state index contributed by atoms with van der Waals surface area (Å²) >= 11 is 0. The SMILES string of the molecule is CCCCCCCCCC/C=C/c1ccc2cc(CO)ccc2c1. The standard InChI is InChI=1S/C23H32O/c1-2-3-4-5-6-7-8-9-10-11-12-20-13-15-23-18-21(19-24)14-16-22(23)17-20/h11-18,24H,2-10,19H2,1H3/b12-11+. The van der Waals surface area contributed by atoms with Crippen LogP contribution < -0.4 is 0 Å². The molecule has 0 heterocycles. The maximum absolute atomic E-state index is 9.20. The van der Waals surface area contributed by atoms with Crippen LogP contribution in [0.2, 0.25) is 0 Å². The third kappa shape index (κ3) is 6.49. The first-order valence-electron chi connectivity index (χ1n) is 9.63. The molecule has 0 amide bonds. The van der Waals surface area contributed by atoms with E-state index in [2.05, 4.69) is 49.4 Å². The van der Waals surface area contributed by atoms with Crippen LogP contribution in [0.15, 0.2) is 42.5 Å². The highest BCUT2D eigenvalue weighted by Crippen LogP contribution is 2.19. The molecule has 0 atom stereocenters. The van der Waals surface area contributed by atoms with Crippen LogP contribution in [-0.4, -0.2) is 5.11 Å². The van der Waals surface area contributed by atoms with Crippen molar-refractivity contribution in [3.8, 4) is 0 Å². The Labute approximate surface area is 147 Å². The molecule has 2 aromatic carbocycles. The van der Waals surface area contributed by atoms with Crippen molar-refractivity contribution in [3.05, 3.63) is 53.6 Å². The zero-order chi connectivity index (χ0) is 17.0. The highest BCUT2D eigenvalue weighted by Gasteiger charge is 1.97. The zero-order valence-electron chi connectivity index (χ0n) is 15.1. The second kappa shape index (κ2) is 11.0. The topological polar surface area (TPSA) is 20.2 Å². The molecule has 0 aromatic heterocycles. The molecule has 0 aliphatic carbocycles. The number of unbranched alkanes of at least 4 members (excludes halogenated alkanes) is 8. The monoisotopic (exact) mass is 324 g/mol. The molecule has 0 saturated heterocycles. The van der Waals surface area contributed by atoms with Crippen molar-refractivity contribution in [2.24, 2.45) is 0 Å². The molecular formula is C23H32O. The highest BCUT2D eigenvalue weighted by molar-refractivity contribution is 5.85. The van der Waals surface area contributed by atoms with Gasteiger partial charge in [-0.2, -0.15) is 0 Å². The lowest BCUT2D eigenvalue weighted by Crippen LogP contribution is -1.83. The second-order valence-corrected chi connectivity index (χ2v) is 6.76. The molecule has 1 N–H and O–H groups in total. The fourth-order valence-corrected chi connectivity index (χ4v) is 3.13. The Bertz CT molecular complexity index is 627. The molecule has 0 aliphatic heterocycles. The smallest absolute Gasteiger partial charge is 0.0682 e. The van der Waals surface area contributed by atoms with E-state index in [-0.39, 0.29) is 6.61 Å². The Morgan fingerprint density at radius 3 is 2.21 bits per heavy atom. The van der Waals surface area contributed by atoms with Crippen molar-refractivity contribution in [1.82, 2.24) is 0 Å². The first-order chi connectivity index (χ1) is 11.8. The van der Waals surface area contributed by atoms with Crippen molar-refractivity contribution in [2.75, 3.05) is 0 Å². The molecule has 0 aliphatic rings. The number of hydrogen-bond donors (Lipinski definition) is 1. The first kappa shape index (κ1) is 18.7. The number of hydrogen-bond acceptors (Lipinski definition) is 1. The number of aliphatic hydroxyl groups is 1. The summed E-state index contributed by atoms with van der Waals surface area (Å²) in [6.45, 7) is 2.38. The summed E-state index contributed by atoms with van der Waals surface area (Å²) in [6, 6.07) is 12.7. The molecule has 0 saturated carbocycles. The van der Waals surface area contributed by atoms with Gasteiger partial charge in [-0.1, -0.05) is 88.3 Å². The van der Waals surface area contributed by atoms with Gasteiger partial charge in [-0.25, -0.2) is 0 Å². The summed E-state index contributed by atoms with van der Waals surface area (Å²) in [6.07, 6.45) is 16.7. The minimum absolute atomic E-state index is 0.107. The Morgan fingerprint density at radius 1 is 0.792 bits per heavy atom. The number of aliphatic hydroxyl groups excluding tert-OH is 1. The van der Waals surface area contributed by atoms with Crippen LogP contribution >= 0.6 is 0 Å². The van der Waals surface area contributed by atoms with E-state index in [9.17, 15) is 5.11 Å². The Kier molecular flexibility index (Phi) is 8.62. The van der Waals surface area contributed by atoms with Gasteiger partial charge >= 0.3 is 0 Å². The molecule has 130 valence electrons. The van der Waals surface area contributed by atoms with E-state index < -0.39 is 0 Å². The highest BCUT2D eigenvalue weighted by atomic mass is 16.3. The van der Waals surface area contributed by atoms with Crippen LogP contribution in [0.5, 0.6) is 0 Å². The average molecular weight is 325 g/mol. The van der Waals surface area contributed by atoms with Crippen molar-refractivity contribution < 1.29 is 5.11 Å². The summed E-state index contributed by atoms with van der Waals surface area (Å²) in [5, 5.41) is 11.6. The van der Waals surface area contributed by atoms with Crippen LogP contribution in [-0.2, 0) is 6.61 Å². The van der Waals surface area contributed by atoms with Crippen LogP contribution in [0.4, 0.5) is 0 Å². The largest absolute Gasteiger partial charge is 0.392 e. The van der Waals surface area contributed by atoms with Gasteiger partial charge < -0.3 is 5.11 Å². The molecule has 0 unspecified atom stereocenters. The number of allylic oxidation sites excluding steroid dienone is 1. The van der Waals surface area contributed by atoms with Gasteiger partial charge in [0.05, 0.1) is 6.61 Å². The average Bonchev–Trinajstić information content (AvgIpc) is 2.62. The van der Waals surface area contributed by atoms with Gasteiger partial charge in [-0.05, 0) is 46.9 Å². The van der Waals surface area contributed by atoms with Gasteiger partial charge in [0.15, 0.2) is 0 Å². The Morgan fingerprint density at radius 2 is 1.46 bits per heavy atom. The lowest BCUT2D eigenvalue weighted by Gasteiger charge is -2.03. The quantitative estimate of drug-likeness (QED) is 0.447.